The first-order valence-corrected chi connectivity index (χ1v) is 8.08. The van der Waals surface area contributed by atoms with Crippen molar-refractivity contribution in [2.24, 2.45) is 0 Å². The normalized spacial score (nSPS) is 14.0. The van der Waals surface area contributed by atoms with Crippen LogP contribution in [0.15, 0.2) is 30.8 Å². The minimum atomic E-state index is 0.0335. The van der Waals surface area contributed by atoms with Crippen LogP contribution in [0, 0.1) is 6.92 Å². The lowest BCUT2D eigenvalue weighted by atomic mass is 9.91. The number of hydrogen-bond acceptors (Lipinski definition) is 2. The molecule has 0 amide bonds. The van der Waals surface area contributed by atoms with E-state index in [4.69, 9.17) is 9.47 Å². The number of nitrogens with zero attached hydrogens (tertiary/aromatic N) is 1. The van der Waals surface area contributed by atoms with Gasteiger partial charge < -0.3 is 14.0 Å². The van der Waals surface area contributed by atoms with E-state index in [0.29, 0.717) is 13.2 Å². The molecular weight excluding hydrogens is 286 g/mol. The molecule has 23 heavy (non-hydrogen) atoms. The highest BCUT2D eigenvalue weighted by molar-refractivity contribution is 5.66. The first-order chi connectivity index (χ1) is 10.8. The van der Waals surface area contributed by atoms with Gasteiger partial charge in [-0.3, -0.25) is 0 Å². The van der Waals surface area contributed by atoms with Crippen molar-refractivity contribution in [1.29, 1.82) is 0 Å². The summed E-state index contributed by atoms with van der Waals surface area (Å²) in [7, 11) is 0. The van der Waals surface area contributed by atoms with Crippen LogP contribution in [0.4, 0.5) is 0 Å². The van der Waals surface area contributed by atoms with Crippen LogP contribution in [0.25, 0.3) is 11.3 Å². The molecule has 0 saturated heterocycles. The van der Waals surface area contributed by atoms with Crippen molar-refractivity contribution in [3.8, 4) is 17.2 Å². The summed E-state index contributed by atoms with van der Waals surface area (Å²) >= 11 is 0. The van der Waals surface area contributed by atoms with Crippen LogP contribution in [0.3, 0.4) is 0 Å². The molecule has 0 atom stereocenters. The van der Waals surface area contributed by atoms with Crippen molar-refractivity contribution in [3.05, 3.63) is 47.8 Å². The summed E-state index contributed by atoms with van der Waals surface area (Å²) in [6, 6.07) is 8.42. The van der Waals surface area contributed by atoms with Crippen molar-refractivity contribution in [1.82, 2.24) is 4.57 Å². The average Bonchev–Trinajstić information content (AvgIpc) is 2.84. The lowest BCUT2D eigenvalue weighted by Gasteiger charge is -2.24. The summed E-state index contributed by atoms with van der Waals surface area (Å²) in [4.78, 5) is 0. The predicted octanol–water partition coefficient (Wildman–Crippen LogP) is 4.89. The smallest absolute Gasteiger partial charge is 0.163 e. The Morgan fingerprint density at radius 3 is 2.35 bits per heavy atom. The molecular formula is C20H25NO2. The Morgan fingerprint density at radius 2 is 1.74 bits per heavy atom. The summed E-state index contributed by atoms with van der Waals surface area (Å²) in [5.41, 5.74) is 5.91. The molecule has 2 heterocycles. The standard InChI is InChI=1S/C20H25NO2/c1-13(2)16-12-19(20(4,5)6)21(14(16)3)15-7-8-17-18(11-15)23-10-9-22-17/h7-8,11-12H,1,9-10H2,2-6H3. The molecule has 1 aliphatic heterocycles. The molecule has 1 aromatic heterocycles. The highest BCUT2D eigenvalue weighted by Gasteiger charge is 2.24. The molecule has 0 unspecified atom stereocenters. The number of allylic oxidation sites excluding steroid dienone is 1. The number of benzene rings is 1. The van der Waals surface area contributed by atoms with Gasteiger partial charge in [0.25, 0.3) is 0 Å². The third-order valence-electron chi connectivity index (χ3n) is 4.26. The minimum Gasteiger partial charge on any atom is -0.486 e. The maximum Gasteiger partial charge on any atom is 0.163 e. The molecule has 1 aromatic carbocycles. The van der Waals surface area contributed by atoms with E-state index < -0.39 is 0 Å². The molecule has 0 fully saturated rings. The zero-order valence-electron chi connectivity index (χ0n) is 14.7. The summed E-state index contributed by atoms with van der Waals surface area (Å²) < 4.78 is 13.7. The van der Waals surface area contributed by atoms with E-state index in [-0.39, 0.29) is 5.41 Å². The van der Waals surface area contributed by atoms with Gasteiger partial charge in [-0.05, 0) is 43.2 Å². The van der Waals surface area contributed by atoms with Gasteiger partial charge >= 0.3 is 0 Å². The summed E-state index contributed by atoms with van der Waals surface area (Å²) in [6.07, 6.45) is 0. The maximum absolute atomic E-state index is 5.75. The molecule has 0 bridgehead atoms. The molecule has 122 valence electrons. The average molecular weight is 311 g/mol. The summed E-state index contributed by atoms with van der Waals surface area (Å²) in [5.74, 6) is 1.64. The van der Waals surface area contributed by atoms with Gasteiger partial charge in [0.05, 0.1) is 0 Å². The van der Waals surface area contributed by atoms with Crippen LogP contribution in [0.1, 0.15) is 44.6 Å². The summed E-state index contributed by atoms with van der Waals surface area (Å²) in [5, 5.41) is 0. The van der Waals surface area contributed by atoms with Crippen molar-refractivity contribution < 1.29 is 9.47 Å². The second kappa shape index (κ2) is 5.48. The van der Waals surface area contributed by atoms with Crippen molar-refractivity contribution in [3.63, 3.8) is 0 Å². The highest BCUT2D eigenvalue weighted by atomic mass is 16.6. The number of aromatic nitrogens is 1. The van der Waals surface area contributed by atoms with E-state index >= 15 is 0 Å². The van der Waals surface area contributed by atoms with Crippen molar-refractivity contribution in [2.45, 2.75) is 40.0 Å². The third-order valence-corrected chi connectivity index (χ3v) is 4.26. The SMILES string of the molecule is C=C(C)c1cc(C(C)(C)C)n(-c2ccc3c(c2)OCCO3)c1C. The molecule has 0 radical (unpaired) electrons. The lowest BCUT2D eigenvalue weighted by molar-refractivity contribution is 0.171. The first kappa shape index (κ1) is 15.7. The predicted molar refractivity (Wildman–Crippen MR) is 94.9 cm³/mol. The Balaban J connectivity index is 2.20. The second-order valence-corrected chi connectivity index (χ2v) is 7.22. The maximum atomic E-state index is 5.75. The third kappa shape index (κ3) is 2.76. The Morgan fingerprint density at radius 1 is 1.09 bits per heavy atom. The minimum absolute atomic E-state index is 0.0335. The van der Waals surface area contributed by atoms with E-state index in [0.717, 1.165) is 22.8 Å². The molecule has 1 aliphatic rings. The van der Waals surface area contributed by atoms with E-state index in [1.54, 1.807) is 0 Å². The van der Waals surface area contributed by atoms with Gasteiger partial charge in [-0.1, -0.05) is 27.4 Å². The fourth-order valence-corrected chi connectivity index (χ4v) is 3.09. The van der Waals surface area contributed by atoms with Gasteiger partial charge in [0.15, 0.2) is 11.5 Å². The van der Waals surface area contributed by atoms with Crippen molar-refractivity contribution in [2.75, 3.05) is 13.2 Å². The first-order valence-electron chi connectivity index (χ1n) is 8.08. The van der Waals surface area contributed by atoms with E-state index in [9.17, 15) is 0 Å². The summed E-state index contributed by atoms with van der Waals surface area (Å²) in [6.45, 7) is 16.3. The van der Waals surface area contributed by atoms with Gasteiger partial charge in [-0.15, -0.1) is 0 Å². The zero-order valence-corrected chi connectivity index (χ0v) is 14.7. The lowest BCUT2D eigenvalue weighted by Crippen LogP contribution is -2.18. The second-order valence-electron chi connectivity index (χ2n) is 7.22. The van der Waals surface area contributed by atoms with Crippen LogP contribution < -0.4 is 9.47 Å². The Labute approximate surface area is 138 Å². The fourth-order valence-electron chi connectivity index (χ4n) is 3.09. The molecule has 3 rings (SSSR count). The number of hydrogen-bond donors (Lipinski definition) is 0. The molecule has 3 heteroatoms. The quantitative estimate of drug-likeness (QED) is 0.788. The largest absolute Gasteiger partial charge is 0.486 e. The number of fused-ring (bicyclic) bond motifs is 1. The topological polar surface area (TPSA) is 23.4 Å². The molecule has 0 N–H and O–H groups in total. The number of ether oxygens (including phenoxy) is 2. The Hall–Kier alpha value is -2.16. The van der Waals surface area contributed by atoms with E-state index in [1.807, 2.05) is 6.07 Å². The Kier molecular flexibility index (Phi) is 3.75. The molecule has 0 aliphatic carbocycles. The van der Waals surface area contributed by atoms with Gasteiger partial charge in [0, 0.05) is 28.6 Å². The van der Waals surface area contributed by atoms with E-state index in [1.165, 1.54) is 17.0 Å². The van der Waals surface area contributed by atoms with E-state index in [2.05, 4.69) is 64.0 Å². The Bertz CT molecular complexity index is 763. The van der Waals surface area contributed by atoms with Gasteiger partial charge in [0.2, 0.25) is 0 Å². The molecule has 2 aromatic rings. The number of rotatable bonds is 2. The van der Waals surface area contributed by atoms with Gasteiger partial charge in [0.1, 0.15) is 13.2 Å². The molecule has 0 saturated carbocycles. The fraction of sp³-hybridized carbons (Fsp3) is 0.400. The van der Waals surface area contributed by atoms with Crippen LogP contribution in [0.5, 0.6) is 11.5 Å². The highest BCUT2D eigenvalue weighted by Crippen LogP contribution is 2.37. The van der Waals surface area contributed by atoms with Crippen molar-refractivity contribution >= 4 is 5.57 Å². The van der Waals surface area contributed by atoms with Gasteiger partial charge in [-0.25, -0.2) is 0 Å². The van der Waals surface area contributed by atoms with Crippen LogP contribution in [-0.2, 0) is 5.41 Å². The monoisotopic (exact) mass is 311 g/mol. The zero-order chi connectivity index (χ0) is 16.8. The van der Waals surface area contributed by atoms with Crippen LogP contribution in [0.2, 0.25) is 0 Å². The van der Waals surface area contributed by atoms with Crippen LogP contribution >= 0.6 is 0 Å². The molecule has 0 spiro atoms. The molecule has 3 nitrogen and oxygen atoms in total. The van der Waals surface area contributed by atoms with Crippen LogP contribution in [-0.4, -0.2) is 17.8 Å². The van der Waals surface area contributed by atoms with Gasteiger partial charge in [-0.2, -0.15) is 0 Å².